The Morgan fingerprint density at radius 3 is 2.88 bits per heavy atom. The molecular formula is C12H15BrINO2. The number of rotatable bonds is 5. The van der Waals surface area contributed by atoms with Crippen molar-refractivity contribution in [1.82, 2.24) is 5.32 Å². The third-order valence-electron chi connectivity index (χ3n) is 2.33. The van der Waals surface area contributed by atoms with E-state index in [1.807, 2.05) is 25.1 Å². The van der Waals surface area contributed by atoms with E-state index >= 15 is 0 Å². The van der Waals surface area contributed by atoms with Crippen molar-refractivity contribution in [1.29, 1.82) is 0 Å². The fraction of sp³-hybridized carbons (Fsp3) is 0.417. The van der Waals surface area contributed by atoms with Gasteiger partial charge in [-0.15, -0.1) is 0 Å². The van der Waals surface area contributed by atoms with Gasteiger partial charge in [-0.2, -0.15) is 0 Å². The lowest BCUT2D eigenvalue weighted by Crippen LogP contribution is -2.39. The van der Waals surface area contributed by atoms with E-state index < -0.39 is 0 Å². The maximum absolute atomic E-state index is 12.1. The maximum atomic E-state index is 12.1. The lowest BCUT2D eigenvalue weighted by molar-refractivity contribution is 0.0907. The van der Waals surface area contributed by atoms with Crippen LogP contribution in [-0.4, -0.2) is 31.0 Å². The molecule has 0 fully saturated rings. The van der Waals surface area contributed by atoms with Crippen molar-refractivity contribution < 1.29 is 9.53 Å². The summed E-state index contributed by atoms with van der Waals surface area (Å²) in [7, 11) is 1.62. The molecule has 94 valence electrons. The molecule has 5 heteroatoms. The van der Waals surface area contributed by atoms with Crippen LogP contribution in [-0.2, 0) is 4.74 Å². The number of ether oxygens (including phenoxy) is 1. The molecule has 0 saturated carbocycles. The van der Waals surface area contributed by atoms with E-state index in [0.717, 1.165) is 9.13 Å². The second-order valence-electron chi connectivity index (χ2n) is 3.72. The molecule has 0 saturated heterocycles. The first-order valence-electron chi connectivity index (χ1n) is 5.21. The Balaban J connectivity index is 2.79. The molecule has 1 unspecified atom stereocenters. The predicted molar refractivity (Wildman–Crippen MR) is 80.8 cm³/mol. The minimum absolute atomic E-state index is 0.0104. The highest BCUT2D eigenvalue weighted by Crippen LogP contribution is 2.16. The summed E-state index contributed by atoms with van der Waals surface area (Å²) in [4.78, 5) is 12.1. The second-order valence-corrected chi connectivity index (χ2v) is 5.44. The number of hydrogen-bond donors (Lipinski definition) is 1. The first-order valence-corrected chi connectivity index (χ1v) is 7.41. The fourth-order valence-electron chi connectivity index (χ4n) is 1.41. The molecule has 0 bridgehead atoms. The Morgan fingerprint density at radius 1 is 1.59 bits per heavy atom. The first-order chi connectivity index (χ1) is 8.10. The number of aryl methyl sites for hydroxylation is 1. The molecular weight excluding hydrogens is 397 g/mol. The number of carbonyl (C=O) groups excluding carboxylic acids is 1. The van der Waals surface area contributed by atoms with Crippen LogP contribution in [0.25, 0.3) is 0 Å². The molecule has 3 nitrogen and oxygen atoms in total. The quantitative estimate of drug-likeness (QED) is 0.597. The van der Waals surface area contributed by atoms with Crippen LogP contribution in [0, 0.1) is 10.5 Å². The van der Waals surface area contributed by atoms with Crippen molar-refractivity contribution in [3.05, 3.63) is 32.9 Å². The van der Waals surface area contributed by atoms with Gasteiger partial charge in [0.05, 0.1) is 18.2 Å². The highest BCUT2D eigenvalue weighted by Gasteiger charge is 2.15. The fourth-order valence-corrected chi connectivity index (χ4v) is 2.37. The smallest absolute Gasteiger partial charge is 0.252 e. The monoisotopic (exact) mass is 411 g/mol. The number of halogens is 2. The molecule has 1 N–H and O–H groups in total. The lowest BCUT2D eigenvalue weighted by atomic mass is 10.1. The minimum atomic E-state index is -0.0559. The van der Waals surface area contributed by atoms with Crippen molar-refractivity contribution >= 4 is 44.4 Å². The van der Waals surface area contributed by atoms with Gasteiger partial charge in [-0.1, -0.05) is 28.1 Å². The van der Waals surface area contributed by atoms with Gasteiger partial charge in [0.25, 0.3) is 5.91 Å². The van der Waals surface area contributed by atoms with Gasteiger partial charge < -0.3 is 10.1 Å². The average Bonchev–Trinajstić information content (AvgIpc) is 2.31. The van der Waals surface area contributed by atoms with Gasteiger partial charge >= 0.3 is 0 Å². The summed E-state index contributed by atoms with van der Waals surface area (Å²) in [6, 6.07) is 5.72. The number of alkyl halides is 1. The molecule has 0 aromatic heterocycles. The normalized spacial score (nSPS) is 12.2. The highest BCUT2D eigenvalue weighted by molar-refractivity contribution is 14.1. The summed E-state index contributed by atoms with van der Waals surface area (Å²) < 4.78 is 6.03. The van der Waals surface area contributed by atoms with E-state index in [1.165, 1.54) is 0 Å². The summed E-state index contributed by atoms with van der Waals surface area (Å²) in [5, 5.41) is 3.61. The minimum Gasteiger partial charge on any atom is -0.383 e. The van der Waals surface area contributed by atoms with Gasteiger partial charge in [0.2, 0.25) is 0 Å². The number of amides is 1. The van der Waals surface area contributed by atoms with Gasteiger partial charge in [0.15, 0.2) is 0 Å². The summed E-state index contributed by atoms with van der Waals surface area (Å²) >= 11 is 5.55. The Bertz CT molecular complexity index is 398. The van der Waals surface area contributed by atoms with E-state index in [1.54, 1.807) is 7.11 Å². The molecule has 0 aliphatic heterocycles. The average molecular weight is 412 g/mol. The number of benzene rings is 1. The van der Waals surface area contributed by atoms with Gasteiger partial charge in [-0.3, -0.25) is 4.79 Å². The number of nitrogens with one attached hydrogen (secondary N) is 1. The molecule has 1 aromatic rings. The summed E-state index contributed by atoms with van der Waals surface area (Å²) in [6.07, 6.45) is 0. The van der Waals surface area contributed by atoms with Crippen molar-refractivity contribution in [3.8, 4) is 0 Å². The van der Waals surface area contributed by atoms with Gasteiger partial charge in [-0.05, 0) is 41.1 Å². The zero-order valence-electron chi connectivity index (χ0n) is 9.80. The topological polar surface area (TPSA) is 38.3 Å². The molecule has 0 aliphatic carbocycles. The number of methoxy groups -OCH3 is 1. The van der Waals surface area contributed by atoms with E-state index in [0.29, 0.717) is 17.5 Å². The second kappa shape index (κ2) is 7.33. The molecule has 0 radical (unpaired) electrons. The molecule has 0 heterocycles. The van der Waals surface area contributed by atoms with Crippen LogP contribution < -0.4 is 5.32 Å². The van der Waals surface area contributed by atoms with E-state index in [9.17, 15) is 4.79 Å². The van der Waals surface area contributed by atoms with Crippen molar-refractivity contribution in [2.45, 2.75) is 13.0 Å². The van der Waals surface area contributed by atoms with Crippen LogP contribution in [0.3, 0.4) is 0 Å². The van der Waals surface area contributed by atoms with Crippen LogP contribution in [0.5, 0.6) is 0 Å². The largest absolute Gasteiger partial charge is 0.383 e. The van der Waals surface area contributed by atoms with E-state index in [2.05, 4.69) is 43.8 Å². The number of carbonyl (C=O) groups is 1. The van der Waals surface area contributed by atoms with E-state index in [4.69, 9.17) is 4.74 Å². The molecule has 1 rings (SSSR count). The summed E-state index contributed by atoms with van der Waals surface area (Å²) in [6.45, 7) is 2.50. The van der Waals surface area contributed by atoms with Crippen LogP contribution in [0.1, 0.15) is 15.9 Å². The third kappa shape index (κ3) is 4.22. The molecule has 17 heavy (non-hydrogen) atoms. The van der Waals surface area contributed by atoms with Crippen molar-refractivity contribution in [2.24, 2.45) is 0 Å². The van der Waals surface area contributed by atoms with Crippen molar-refractivity contribution in [2.75, 3.05) is 19.0 Å². The van der Waals surface area contributed by atoms with Crippen LogP contribution in [0.15, 0.2) is 18.2 Å². The van der Waals surface area contributed by atoms with Crippen molar-refractivity contribution in [3.63, 3.8) is 0 Å². The highest BCUT2D eigenvalue weighted by atomic mass is 127. The Hall–Kier alpha value is -0.140. The van der Waals surface area contributed by atoms with Crippen LogP contribution in [0.4, 0.5) is 0 Å². The maximum Gasteiger partial charge on any atom is 0.252 e. The standard InChI is InChI=1S/C12H15BrINO2/c1-8-4-3-5-10(11(8)14)12(16)15-9(6-13)7-17-2/h3-5,9H,6-7H2,1-2H3,(H,15,16). The predicted octanol–water partition coefficient (Wildman–Crippen LogP) is 2.74. The summed E-state index contributed by atoms with van der Waals surface area (Å²) in [5.41, 5.74) is 1.83. The van der Waals surface area contributed by atoms with Gasteiger partial charge in [0.1, 0.15) is 0 Å². The zero-order valence-corrected chi connectivity index (χ0v) is 13.5. The Kier molecular flexibility index (Phi) is 6.43. The Labute approximate surface area is 124 Å². The number of hydrogen-bond acceptors (Lipinski definition) is 2. The van der Waals surface area contributed by atoms with Gasteiger partial charge in [0, 0.05) is 16.0 Å². The SMILES string of the molecule is COCC(CBr)NC(=O)c1cccc(C)c1I. The van der Waals surface area contributed by atoms with E-state index in [-0.39, 0.29) is 11.9 Å². The molecule has 1 atom stereocenters. The summed E-state index contributed by atoms with van der Waals surface area (Å²) in [5.74, 6) is -0.0559. The van der Waals surface area contributed by atoms with Crippen LogP contribution in [0.2, 0.25) is 0 Å². The lowest BCUT2D eigenvalue weighted by Gasteiger charge is -2.16. The zero-order chi connectivity index (χ0) is 12.8. The van der Waals surface area contributed by atoms with Gasteiger partial charge in [-0.25, -0.2) is 0 Å². The molecule has 1 aromatic carbocycles. The molecule has 1 amide bonds. The molecule has 0 spiro atoms. The Morgan fingerprint density at radius 2 is 2.29 bits per heavy atom. The van der Waals surface area contributed by atoms with Crippen LogP contribution >= 0.6 is 38.5 Å². The molecule has 0 aliphatic rings. The first kappa shape index (κ1) is 14.9. The third-order valence-corrected chi connectivity index (χ3v) is 4.54.